The second-order valence-electron chi connectivity index (χ2n) is 14.4. The van der Waals surface area contributed by atoms with Crippen molar-refractivity contribution in [2.45, 2.75) is 6.92 Å². The summed E-state index contributed by atoms with van der Waals surface area (Å²) < 4.78 is 0. The van der Waals surface area contributed by atoms with Gasteiger partial charge in [0.2, 0.25) is 0 Å². The lowest BCUT2D eigenvalue weighted by Gasteiger charge is -2.26. The van der Waals surface area contributed by atoms with Crippen LogP contribution in [0.5, 0.6) is 0 Å². The minimum Gasteiger partial charge on any atom is -0.310 e. The van der Waals surface area contributed by atoms with Gasteiger partial charge in [-0.15, -0.1) is 0 Å². The lowest BCUT2D eigenvalue weighted by atomic mass is 10.0. The minimum absolute atomic E-state index is 1.09. The average Bonchev–Trinajstić information content (AvgIpc) is 3.26. The van der Waals surface area contributed by atoms with Crippen molar-refractivity contribution in [1.29, 1.82) is 0 Å². The molecule has 0 aromatic heterocycles. The third-order valence-electron chi connectivity index (χ3n) is 10.7. The topological polar surface area (TPSA) is 6.48 Å². The van der Waals surface area contributed by atoms with Crippen molar-refractivity contribution in [3.63, 3.8) is 0 Å². The van der Waals surface area contributed by atoms with Gasteiger partial charge in [-0.2, -0.15) is 0 Å². The van der Waals surface area contributed by atoms with Crippen LogP contribution in [0.25, 0.3) is 50.5 Å². The van der Waals surface area contributed by atoms with Crippen LogP contribution in [0.15, 0.2) is 213 Å². The number of benzene rings is 9. The quantitative estimate of drug-likeness (QED) is 0.102. The van der Waals surface area contributed by atoms with E-state index in [0.717, 1.165) is 45.3 Å². The van der Waals surface area contributed by atoms with Crippen LogP contribution in [0.4, 0.5) is 34.1 Å². The molecular formula is C55H42N2. The summed E-state index contributed by atoms with van der Waals surface area (Å²) in [6.45, 7) is 6.02. The van der Waals surface area contributed by atoms with Gasteiger partial charge in [0.1, 0.15) is 0 Å². The molecule has 0 amide bonds. The predicted octanol–water partition coefficient (Wildman–Crippen LogP) is 15.8. The first-order chi connectivity index (χ1) is 28.1. The van der Waals surface area contributed by atoms with Crippen molar-refractivity contribution in [2.24, 2.45) is 0 Å². The zero-order valence-corrected chi connectivity index (χ0v) is 32.0. The fourth-order valence-electron chi connectivity index (χ4n) is 7.62. The van der Waals surface area contributed by atoms with Gasteiger partial charge in [-0.25, -0.2) is 0 Å². The highest BCUT2D eigenvalue weighted by atomic mass is 15.1. The van der Waals surface area contributed by atoms with Crippen molar-refractivity contribution in [1.82, 2.24) is 0 Å². The van der Waals surface area contributed by atoms with E-state index in [1.54, 1.807) is 0 Å². The molecule has 0 saturated heterocycles. The smallest absolute Gasteiger partial charge is 0.0468 e. The highest BCUT2D eigenvalue weighted by Crippen LogP contribution is 2.39. The number of allylic oxidation sites excluding steroid dienone is 2. The SMILES string of the molecule is C=C/C=C\c1cc(N(c2ccc(/C=C/c3ccc(N(c4ccc5ccccc5c4)c4ccc5ccccc5c4)cc3)cc2)c2ccc3ccccc3c2)ccc1C. The molecule has 0 spiro atoms. The normalized spacial score (nSPS) is 11.5. The third kappa shape index (κ3) is 7.50. The molecular weight excluding hydrogens is 689 g/mol. The van der Waals surface area contributed by atoms with E-state index in [0.29, 0.717) is 0 Å². The molecule has 0 radical (unpaired) electrons. The summed E-state index contributed by atoms with van der Waals surface area (Å²) in [6.07, 6.45) is 10.3. The molecule has 9 rings (SSSR count). The molecule has 2 heteroatoms. The Kier molecular flexibility index (Phi) is 9.75. The summed E-state index contributed by atoms with van der Waals surface area (Å²) in [7, 11) is 0. The van der Waals surface area contributed by atoms with Crippen molar-refractivity contribution in [3.05, 3.63) is 235 Å². The first kappa shape index (κ1) is 35.3. The molecule has 0 fully saturated rings. The van der Waals surface area contributed by atoms with E-state index in [9.17, 15) is 0 Å². The Morgan fingerprint density at radius 2 is 0.702 bits per heavy atom. The standard InChI is InChI=1S/C55H42N2/c1-3-4-11-46-36-52(28-18-40(46)2)56(53-33-25-43-12-5-8-15-47(43)37-53)50-29-21-41(22-30-50)19-20-42-23-31-51(32-24-42)57(54-34-26-44-13-6-9-16-48(44)38-54)55-35-27-45-14-7-10-17-49(45)39-55/h3-39H,1H2,2H3/b11-4-,20-19+. The number of fused-ring (bicyclic) bond motifs is 3. The van der Waals surface area contributed by atoms with Crippen molar-refractivity contribution < 1.29 is 0 Å². The van der Waals surface area contributed by atoms with Gasteiger partial charge in [-0.3, -0.25) is 0 Å². The van der Waals surface area contributed by atoms with E-state index in [1.165, 1.54) is 43.4 Å². The Morgan fingerprint density at radius 3 is 1.11 bits per heavy atom. The van der Waals surface area contributed by atoms with E-state index < -0.39 is 0 Å². The van der Waals surface area contributed by atoms with Gasteiger partial charge in [-0.1, -0.05) is 158 Å². The molecule has 57 heavy (non-hydrogen) atoms. The fraction of sp³-hybridized carbons (Fsp3) is 0.0182. The highest BCUT2D eigenvalue weighted by molar-refractivity contribution is 5.93. The Morgan fingerprint density at radius 1 is 0.351 bits per heavy atom. The van der Waals surface area contributed by atoms with E-state index in [-0.39, 0.29) is 0 Å². The maximum absolute atomic E-state index is 3.88. The van der Waals surface area contributed by atoms with E-state index in [4.69, 9.17) is 0 Å². The molecule has 0 heterocycles. The summed E-state index contributed by atoms with van der Waals surface area (Å²) in [5, 5.41) is 7.34. The molecule has 0 saturated carbocycles. The van der Waals surface area contributed by atoms with Crippen LogP contribution in [0.1, 0.15) is 22.3 Å². The Hall–Kier alpha value is -7.42. The van der Waals surface area contributed by atoms with Crippen LogP contribution >= 0.6 is 0 Å². The lowest BCUT2D eigenvalue weighted by molar-refractivity contribution is 1.27. The highest BCUT2D eigenvalue weighted by Gasteiger charge is 2.16. The number of aryl methyl sites for hydroxylation is 1. The van der Waals surface area contributed by atoms with E-state index in [1.807, 2.05) is 12.2 Å². The van der Waals surface area contributed by atoms with Crippen molar-refractivity contribution in [3.8, 4) is 0 Å². The first-order valence-corrected chi connectivity index (χ1v) is 19.4. The van der Waals surface area contributed by atoms with Gasteiger partial charge in [0.25, 0.3) is 0 Å². The summed E-state index contributed by atoms with van der Waals surface area (Å²) in [5.41, 5.74) is 11.3. The van der Waals surface area contributed by atoms with Gasteiger partial charge in [0.05, 0.1) is 0 Å². The fourth-order valence-corrected chi connectivity index (χ4v) is 7.62. The van der Waals surface area contributed by atoms with Gasteiger partial charge in [-0.05, 0) is 134 Å². The van der Waals surface area contributed by atoms with Crippen LogP contribution in [-0.4, -0.2) is 0 Å². The minimum atomic E-state index is 1.09. The van der Waals surface area contributed by atoms with Gasteiger partial charge < -0.3 is 9.80 Å². The zero-order valence-electron chi connectivity index (χ0n) is 32.0. The molecule has 0 aliphatic rings. The summed E-state index contributed by atoms with van der Waals surface area (Å²) in [6, 6.07) is 70.0. The van der Waals surface area contributed by atoms with Gasteiger partial charge in [0, 0.05) is 34.1 Å². The molecule has 2 nitrogen and oxygen atoms in total. The Labute approximate surface area is 335 Å². The van der Waals surface area contributed by atoms with Crippen LogP contribution < -0.4 is 9.80 Å². The summed E-state index contributed by atoms with van der Waals surface area (Å²) in [5.74, 6) is 0. The lowest BCUT2D eigenvalue weighted by Crippen LogP contribution is -2.10. The molecule has 9 aromatic rings. The molecule has 0 bridgehead atoms. The largest absolute Gasteiger partial charge is 0.310 e. The molecule has 0 aliphatic carbocycles. The van der Waals surface area contributed by atoms with Crippen molar-refractivity contribution in [2.75, 3.05) is 9.80 Å². The van der Waals surface area contributed by atoms with Crippen LogP contribution in [0, 0.1) is 6.92 Å². The van der Waals surface area contributed by atoms with Gasteiger partial charge in [0.15, 0.2) is 0 Å². The molecule has 272 valence electrons. The number of hydrogen-bond donors (Lipinski definition) is 0. The Bertz CT molecular complexity index is 2850. The first-order valence-electron chi connectivity index (χ1n) is 19.4. The predicted molar refractivity (Wildman–Crippen MR) is 248 cm³/mol. The van der Waals surface area contributed by atoms with Gasteiger partial charge >= 0.3 is 0 Å². The number of anilines is 6. The third-order valence-corrected chi connectivity index (χ3v) is 10.7. The van der Waals surface area contributed by atoms with E-state index in [2.05, 4.69) is 236 Å². The van der Waals surface area contributed by atoms with E-state index >= 15 is 0 Å². The maximum atomic E-state index is 3.88. The molecule has 0 N–H and O–H groups in total. The van der Waals surface area contributed by atoms with Crippen LogP contribution in [0.3, 0.4) is 0 Å². The number of nitrogens with zero attached hydrogens (tertiary/aromatic N) is 2. The van der Waals surface area contributed by atoms with Crippen molar-refractivity contribution >= 4 is 84.7 Å². The Balaban J connectivity index is 1.02. The average molecular weight is 731 g/mol. The molecule has 0 unspecified atom stereocenters. The molecule has 0 aliphatic heterocycles. The van der Waals surface area contributed by atoms with Crippen LogP contribution in [0.2, 0.25) is 0 Å². The van der Waals surface area contributed by atoms with Crippen LogP contribution in [-0.2, 0) is 0 Å². The summed E-state index contributed by atoms with van der Waals surface area (Å²) >= 11 is 0. The maximum Gasteiger partial charge on any atom is 0.0468 e. The summed E-state index contributed by atoms with van der Waals surface area (Å²) in [4.78, 5) is 4.68. The monoisotopic (exact) mass is 730 g/mol. The zero-order chi connectivity index (χ0) is 38.6. The second kappa shape index (κ2) is 15.7. The number of hydrogen-bond acceptors (Lipinski definition) is 2. The molecule has 9 aromatic carbocycles. The molecule has 0 atom stereocenters. The number of rotatable bonds is 10. The second-order valence-corrected chi connectivity index (χ2v) is 14.4.